The average Bonchev–Trinajstić information content (AvgIpc) is 3.27. The summed E-state index contributed by atoms with van der Waals surface area (Å²) >= 11 is 1.48. The molecule has 0 spiro atoms. The lowest BCUT2D eigenvalue weighted by atomic mass is 9.88. The van der Waals surface area contributed by atoms with Gasteiger partial charge in [0.1, 0.15) is 11.3 Å². The third-order valence-corrected chi connectivity index (χ3v) is 8.55. The van der Waals surface area contributed by atoms with E-state index in [0.29, 0.717) is 19.5 Å². The third-order valence-electron chi connectivity index (χ3n) is 7.63. The number of quaternary nitrogens is 1. The number of anilines is 2. The molecular formula is C27H35N8O4S+. The molecule has 1 atom stereocenters. The Hall–Kier alpha value is -3.65. The van der Waals surface area contributed by atoms with E-state index < -0.39 is 16.5 Å². The molecule has 0 saturated carbocycles. The Morgan fingerprint density at radius 1 is 1.05 bits per heavy atom. The number of nitro benzene ring substituents is 1. The first kappa shape index (κ1) is 27.9. The third kappa shape index (κ3) is 5.12. The van der Waals surface area contributed by atoms with Gasteiger partial charge in [0.25, 0.3) is 0 Å². The minimum absolute atomic E-state index is 0.0413. The highest BCUT2D eigenvalue weighted by atomic mass is 32.2. The summed E-state index contributed by atoms with van der Waals surface area (Å²) in [6.07, 6.45) is 2.46. The van der Waals surface area contributed by atoms with Gasteiger partial charge in [-0.25, -0.2) is 0 Å². The van der Waals surface area contributed by atoms with Gasteiger partial charge in [0, 0.05) is 37.4 Å². The van der Waals surface area contributed by atoms with E-state index in [2.05, 4.69) is 34.3 Å². The van der Waals surface area contributed by atoms with Crippen molar-refractivity contribution in [3.05, 3.63) is 74.6 Å². The van der Waals surface area contributed by atoms with Gasteiger partial charge in [0.2, 0.25) is 11.6 Å². The van der Waals surface area contributed by atoms with E-state index in [1.54, 1.807) is 22.6 Å². The molecule has 5 rings (SSSR count). The lowest BCUT2D eigenvalue weighted by Crippen LogP contribution is -2.96. The summed E-state index contributed by atoms with van der Waals surface area (Å²) in [6.45, 7) is 4.78. The van der Waals surface area contributed by atoms with Crippen LogP contribution in [0.3, 0.4) is 0 Å². The van der Waals surface area contributed by atoms with Crippen LogP contribution in [-0.2, 0) is 6.54 Å². The minimum Gasteiger partial charge on any atom is -0.369 e. The molecule has 1 fully saturated rings. The van der Waals surface area contributed by atoms with Gasteiger partial charge in [0.15, 0.2) is 11.4 Å². The first-order valence-corrected chi connectivity index (χ1v) is 14.5. The average molecular weight is 568 g/mol. The topological polar surface area (TPSA) is 145 Å². The Morgan fingerprint density at radius 2 is 1.75 bits per heavy atom. The molecule has 2 aromatic carbocycles. The predicted molar refractivity (Wildman–Crippen MR) is 155 cm³/mol. The smallest absolute Gasteiger partial charge is 0.304 e. The molecule has 5 N–H and O–H groups in total. The fraction of sp³-hybridized carbons (Fsp3) is 0.407. The first-order chi connectivity index (χ1) is 19.2. The number of nitro groups is 1. The maximum atomic E-state index is 13.8. The zero-order valence-electron chi connectivity index (χ0n) is 22.9. The number of nitrogens with zero attached hydrogens (tertiary/aromatic N) is 5. The molecule has 0 radical (unpaired) electrons. The fourth-order valence-electron chi connectivity index (χ4n) is 5.46. The molecule has 13 heteroatoms. The molecule has 0 aromatic heterocycles. The number of Topliss-reactive ketones (excluding diaryl/α,β-unsaturated/α-hetero) is 2. The van der Waals surface area contributed by atoms with Crippen molar-refractivity contribution in [1.29, 1.82) is 0 Å². The number of carbonyl (C=O) groups excluding carboxylic acids is 2. The molecule has 0 amide bonds. The Labute approximate surface area is 237 Å². The Balaban J connectivity index is 1.42. The van der Waals surface area contributed by atoms with Crippen molar-refractivity contribution in [2.75, 3.05) is 63.3 Å². The summed E-state index contributed by atoms with van der Waals surface area (Å²) in [7, 11) is 3.81. The number of ketones is 2. The molecule has 1 saturated heterocycles. The predicted octanol–water partition coefficient (Wildman–Crippen LogP) is 1.23. The van der Waals surface area contributed by atoms with Crippen molar-refractivity contribution in [2.45, 2.75) is 18.3 Å². The number of fused-ring (bicyclic) bond motifs is 1. The van der Waals surface area contributed by atoms with E-state index in [1.807, 2.05) is 18.4 Å². The van der Waals surface area contributed by atoms with Crippen molar-refractivity contribution in [3.8, 4) is 0 Å². The van der Waals surface area contributed by atoms with Crippen LogP contribution in [-0.4, -0.2) is 89.9 Å². The van der Waals surface area contributed by atoms with Crippen molar-refractivity contribution >= 4 is 40.4 Å². The second-order valence-electron chi connectivity index (χ2n) is 10.3. The van der Waals surface area contributed by atoms with Crippen molar-refractivity contribution < 1.29 is 20.0 Å². The number of likely N-dealkylation sites (N-methyl/N-ethyl adjacent to an activating group) is 2. The van der Waals surface area contributed by atoms with Gasteiger partial charge in [-0.1, -0.05) is 12.1 Å². The lowest BCUT2D eigenvalue weighted by molar-refractivity contribution is -0.894. The van der Waals surface area contributed by atoms with Crippen LogP contribution in [0.25, 0.3) is 0 Å². The zero-order chi connectivity index (χ0) is 28.6. The highest BCUT2D eigenvalue weighted by molar-refractivity contribution is 7.99. The second kappa shape index (κ2) is 11.5. The zero-order valence-corrected chi connectivity index (χ0v) is 23.7. The van der Waals surface area contributed by atoms with Crippen LogP contribution >= 0.6 is 11.8 Å². The SMILES string of the molecule is CSC(CCN)Nc1ccc2c(c1[N+](=O)[O-])C(=O)C1=C(C2=O)N(Cc2ccc(N3CCN(C)CC3)cc2)[NH2+]N1C. The molecule has 0 bridgehead atoms. The summed E-state index contributed by atoms with van der Waals surface area (Å²) in [4.78, 5) is 43.9. The summed E-state index contributed by atoms with van der Waals surface area (Å²) in [5, 5.41) is 18.5. The molecule has 12 nitrogen and oxygen atoms in total. The number of piperazine rings is 1. The molecule has 40 heavy (non-hydrogen) atoms. The monoisotopic (exact) mass is 567 g/mol. The quantitative estimate of drug-likeness (QED) is 0.174. The van der Waals surface area contributed by atoms with Gasteiger partial charge < -0.3 is 20.9 Å². The molecule has 3 aliphatic rings. The van der Waals surface area contributed by atoms with E-state index in [4.69, 9.17) is 5.73 Å². The molecule has 2 aromatic rings. The van der Waals surface area contributed by atoms with E-state index in [-0.39, 0.29) is 39.3 Å². The normalized spacial score (nSPS) is 18.2. The Morgan fingerprint density at radius 3 is 2.38 bits per heavy atom. The van der Waals surface area contributed by atoms with Crippen molar-refractivity contribution in [1.82, 2.24) is 14.9 Å². The number of hydrogen-bond donors (Lipinski definition) is 3. The van der Waals surface area contributed by atoms with Crippen LogP contribution in [0.5, 0.6) is 0 Å². The van der Waals surface area contributed by atoms with E-state index in [9.17, 15) is 19.7 Å². The number of nitrogens with two attached hydrogens (primary N) is 2. The summed E-state index contributed by atoms with van der Waals surface area (Å²) in [5.41, 5.74) is 9.60. The van der Waals surface area contributed by atoms with Gasteiger partial charge >= 0.3 is 5.69 Å². The van der Waals surface area contributed by atoms with Gasteiger partial charge in [-0.05, 0) is 56.1 Å². The number of carbonyl (C=O) groups is 2. The molecule has 1 aliphatic carbocycles. The van der Waals surface area contributed by atoms with Crippen LogP contribution in [0.15, 0.2) is 47.8 Å². The number of hydrogen-bond acceptors (Lipinski definition) is 11. The number of benzene rings is 2. The van der Waals surface area contributed by atoms with Crippen molar-refractivity contribution in [3.63, 3.8) is 0 Å². The van der Waals surface area contributed by atoms with E-state index >= 15 is 0 Å². The molecular weight excluding hydrogens is 532 g/mol. The van der Waals surface area contributed by atoms with E-state index in [1.165, 1.54) is 23.9 Å². The maximum Gasteiger partial charge on any atom is 0.304 e. The standard InChI is InChI=1S/C27H34N8O4S/c1-31-12-14-33(15-13-31)18-6-4-17(5-7-18)16-34-25-24(32(2)30-34)27(37)22-19(26(25)36)8-9-20(23(22)35(38)39)29-21(40-3)10-11-28/h4-9,21,29-30H,10-16,28H2,1-3H3/p+1. The van der Waals surface area contributed by atoms with Crippen LogP contribution in [0, 0.1) is 10.1 Å². The van der Waals surface area contributed by atoms with Crippen LogP contribution in [0.2, 0.25) is 0 Å². The highest BCUT2D eigenvalue weighted by Crippen LogP contribution is 2.40. The Kier molecular flexibility index (Phi) is 7.99. The van der Waals surface area contributed by atoms with Crippen LogP contribution in [0.1, 0.15) is 32.7 Å². The number of nitrogens with one attached hydrogen (secondary N) is 1. The largest absolute Gasteiger partial charge is 0.369 e. The first-order valence-electron chi connectivity index (χ1n) is 13.2. The van der Waals surface area contributed by atoms with Crippen molar-refractivity contribution in [2.24, 2.45) is 5.73 Å². The molecule has 212 valence electrons. The fourth-order valence-corrected chi connectivity index (χ4v) is 6.08. The molecule has 2 heterocycles. The minimum atomic E-state index is -0.587. The van der Waals surface area contributed by atoms with Gasteiger partial charge in [-0.15, -0.1) is 17.3 Å². The number of allylic oxidation sites excluding steroid dienone is 2. The van der Waals surface area contributed by atoms with Gasteiger partial charge in [-0.2, -0.15) is 10.0 Å². The lowest BCUT2D eigenvalue weighted by Gasteiger charge is -2.34. The van der Waals surface area contributed by atoms with Gasteiger partial charge in [-0.3, -0.25) is 19.7 Å². The molecule has 2 aliphatic heterocycles. The van der Waals surface area contributed by atoms with Crippen LogP contribution < -0.4 is 21.5 Å². The summed E-state index contributed by atoms with van der Waals surface area (Å²) < 4.78 is 0. The summed E-state index contributed by atoms with van der Waals surface area (Å²) in [5.74, 6) is -0.941. The maximum absolute atomic E-state index is 13.8. The van der Waals surface area contributed by atoms with Gasteiger partial charge in [0.05, 0.1) is 23.9 Å². The molecule has 1 unspecified atom stereocenters. The number of rotatable bonds is 9. The number of thioether (sulfide) groups is 1. The van der Waals surface area contributed by atoms with Crippen LogP contribution in [0.4, 0.5) is 17.1 Å². The second-order valence-corrected chi connectivity index (χ2v) is 11.3. The Bertz CT molecular complexity index is 1360. The van der Waals surface area contributed by atoms with E-state index in [0.717, 1.165) is 37.4 Å². The summed E-state index contributed by atoms with van der Waals surface area (Å²) in [6, 6.07) is 11.3. The highest BCUT2D eigenvalue weighted by Gasteiger charge is 2.48.